The molecular weight excluding hydrogens is 300 g/mol. The third-order valence-corrected chi connectivity index (χ3v) is 4.14. The van der Waals surface area contributed by atoms with Gasteiger partial charge in [-0.3, -0.25) is 0 Å². The van der Waals surface area contributed by atoms with Crippen LogP contribution in [0.4, 0.5) is 11.8 Å². The van der Waals surface area contributed by atoms with Crippen molar-refractivity contribution < 1.29 is 0 Å². The number of anilines is 2. The summed E-state index contributed by atoms with van der Waals surface area (Å²) in [6.45, 7) is 2.07. The SMILES string of the molecule is CNc1ncc2cc(-c3c(C)ccc4c(N)ncnc34)ccc2n1. The standard InChI is InChI=1S/C18H16N6/c1-10-3-5-13-16(22-9-23-17(13)19)15(10)11-4-6-14-12(7-11)8-21-18(20-2)24-14/h3-9H,1-2H3,(H2,19,22,23)(H,20,21,24). The predicted octanol–water partition coefficient (Wildman–Crippen LogP) is 3.17. The van der Waals surface area contributed by atoms with Crippen LogP contribution in [0.15, 0.2) is 42.9 Å². The number of hydrogen-bond acceptors (Lipinski definition) is 6. The molecule has 4 rings (SSSR count). The molecule has 0 saturated carbocycles. The number of benzene rings is 2. The Labute approximate surface area is 138 Å². The number of nitrogens with one attached hydrogen (secondary N) is 1. The van der Waals surface area contributed by atoms with Gasteiger partial charge in [-0.15, -0.1) is 0 Å². The van der Waals surface area contributed by atoms with Crippen LogP contribution in [0.3, 0.4) is 0 Å². The monoisotopic (exact) mass is 316 g/mol. The Bertz CT molecular complexity index is 1070. The molecule has 24 heavy (non-hydrogen) atoms. The molecule has 0 amide bonds. The van der Waals surface area contributed by atoms with E-state index in [1.807, 2.05) is 24.4 Å². The van der Waals surface area contributed by atoms with E-state index in [1.165, 1.54) is 6.33 Å². The van der Waals surface area contributed by atoms with E-state index in [0.29, 0.717) is 11.8 Å². The first kappa shape index (κ1) is 14.3. The van der Waals surface area contributed by atoms with Gasteiger partial charge in [0.15, 0.2) is 0 Å². The molecular formula is C18H16N6. The summed E-state index contributed by atoms with van der Waals surface area (Å²) < 4.78 is 0. The lowest BCUT2D eigenvalue weighted by Gasteiger charge is -2.11. The summed E-state index contributed by atoms with van der Waals surface area (Å²) in [5.41, 5.74) is 11.0. The molecule has 0 aliphatic rings. The number of nitrogen functional groups attached to an aromatic ring is 1. The van der Waals surface area contributed by atoms with Crippen molar-refractivity contribution in [3.05, 3.63) is 48.4 Å². The summed E-state index contributed by atoms with van der Waals surface area (Å²) in [5.74, 6) is 1.10. The normalized spacial score (nSPS) is 11.1. The van der Waals surface area contributed by atoms with Crippen LogP contribution in [-0.4, -0.2) is 27.0 Å². The maximum Gasteiger partial charge on any atom is 0.222 e. The zero-order valence-corrected chi connectivity index (χ0v) is 13.4. The summed E-state index contributed by atoms with van der Waals surface area (Å²) in [6.07, 6.45) is 3.32. The molecule has 0 atom stereocenters. The summed E-state index contributed by atoms with van der Waals surface area (Å²) in [7, 11) is 1.80. The quantitative estimate of drug-likeness (QED) is 0.590. The first-order chi connectivity index (χ1) is 11.7. The van der Waals surface area contributed by atoms with Gasteiger partial charge in [-0.1, -0.05) is 12.1 Å². The third-order valence-electron chi connectivity index (χ3n) is 4.14. The van der Waals surface area contributed by atoms with E-state index in [1.54, 1.807) is 7.05 Å². The summed E-state index contributed by atoms with van der Waals surface area (Å²) in [4.78, 5) is 17.3. The molecule has 4 aromatic rings. The Kier molecular flexibility index (Phi) is 3.23. The molecule has 0 bridgehead atoms. The van der Waals surface area contributed by atoms with Crippen LogP contribution in [0.2, 0.25) is 0 Å². The summed E-state index contributed by atoms with van der Waals surface area (Å²) in [5, 5.41) is 4.79. The Morgan fingerprint density at radius 2 is 1.92 bits per heavy atom. The van der Waals surface area contributed by atoms with E-state index in [0.717, 1.165) is 38.5 Å². The Morgan fingerprint density at radius 3 is 2.75 bits per heavy atom. The zero-order chi connectivity index (χ0) is 16.7. The number of nitrogens with two attached hydrogens (primary N) is 1. The van der Waals surface area contributed by atoms with Crippen molar-refractivity contribution in [3.8, 4) is 11.1 Å². The topological polar surface area (TPSA) is 89.6 Å². The number of hydrogen-bond donors (Lipinski definition) is 2. The maximum atomic E-state index is 6.00. The molecule has 118 valence electrons. The second-order valence-corrected chi connectivity index (χ2v) is 5.63. The number of aryl methyl sites for hydroxylation is 1. The molecule has 2 aromatic heterocycles. The van der Waals surface area contributed by atoms with Crippen LogP contribution in [-0.2, 0) is 0 Å². The molecule has 0 radical (unpaired) electrons. The minimum atomic E-state index is 0.490. The van der Waals surface area contributed by atoms with Crippen molar-refractivity contribution in [2.24, 2.45) is 0 Å². The van der Waals surface area contributed by atoms with E-state index >= 15 is 0 Å². The number of aromatic nitrogens is 4. The molecule has 6 heteroatoms. The van der Waals surface area contributed by atoms with Crippen molar-refractivity contribution in [1.29, 1.82) is 0 Å². The predicted molar refractivity (Wildman–Crippen MR) is 96.8 cm³/mol. The highest BCUT2D eigenvalue weighted by atomic mass is 15.1. The van der Waals surface area contributed by atoms with Crippen molar-refractivity contribution in [3.63, 3.8) is 0 Å². The molecule has 0 aliphatic carbocycles. The van der Waals surface area contributed by atoms with Crippen molar-refractivity contribution >= 4 is 33.6 Å². The van der Waals surface area contributed by atoms with Gasteiger partial charge in [-0.25, -0.2) is 19.9 Å². The van der Waals surface area contributed by atoms with Gasteiger partial charge in [0.25, 0.3) is 0 Å². The average molecular weight is 316 g/mol. The molecule has 2 heterocycles. The van der Waals surface area contributed by atoms with Crippen molar-refractivity contribution in [2.45, 2.75) is 6.92 Å². The molecule has 0 unspecified atom stereocenters. The van der Waals surface area contributed by atoms with Gasteiger partial charge < -0.3 is 11.1 Å². The largest absolute Gasteiger partial charge is 0.383 e. The third kappa shape index (κ3) is 2.20. The average Bonchev–Trinajstić information content (AvgIpc) is 2.61. The van der Waals surface area contributed by atoms with Gasteiger partial charge in [0.05, 0.1) is 11.0 Å². The van der Waals surface area contributed by atoms with Gasteiger partial charge >= 0.3 is 0 Å². The van der Waals surface area contributed by atoms with Gasteiger partial charge in [0, 0.05) is 29.6 Å². The lowest BCUT2D eigenvalue weighted by Crippen LogP contribution is -1.97. The van der Waals surface area contributed by atoms with Crippen molar-refractivity contribution in [1.82, 2.24) is 19.9 Å². The Balaban J connectivity index is 1.99. The summed E-state index contributed by atoms with van der Waals surface area (Å²) >= 11 is 0. The fourth-order valence-electron chi connectivity index (χ4n) is 2.92. The Morgan fingerprint density at radius 1 is 1.04 bits per heavy atom. The van der Waals surface area contributed by atoms with E-state index in [4.69, 9.17) is 5.73 Å². The first-order valence-corrected chi connectivity index (χ1v) is 7.62. The number of rotatable bonds is 2. The highest BCUT2D eigenvalue weighted by Gasteiger charge is 2.12. The number of fused-ring (bicyclic) bond motifs is 2. The fraction of sp³-hybridized carbons (Fsp3) is 0.111. The van der Waals surface area contributed by atoms with E-state index < -0.39 is 0 Å². The van der Waals surface area contributed by atoms with Gasteiger partial charge in [-0.05, 0) is 36.2 Å². The van der Waals surface area contributed by atoms with Gasteiger partial charge in [-0.2, -0.15) is 0 Å². The molecule has 0 fully saturated rings. The Hall–Kier alpha value is -3.28. The van der Waals surface area contributed by atoms with Crippen LogP contribution < -0.4 is 11.1 Å². The van der Waals surface area contributed by atoms with E-state index in [2.05, 4.69) is 44.3 Å². The second-order valence-electron chi connectivity index (χ2n) is 5.63. The molecule has 0 spiro atoms. The van der Waals surface area contributed by atoms with E-state index in [-0.39, 0.29) is 0 Å². The fourth-order valence-corrected chi connectivity index (χ4v) is 2.92. The molecule has 2 aromatic carbocycles. The van der Waals surface area contributed by atoms with Crippen LogP contribution in [0.5, 0.6) is 0 Å². The smallest absolute Gasteiger partial charge is 0.222 e. The van der Waals surface area contributed by atoms with Crippen LogP contribution in [0.1, 0.15) is 5.56 Å². The first-order valence-electron chi connectivity index (χ1n) is 7.62. The van der Waals surface area contributed by atoms with Crippen molar-refractivity contribution in [2.75, 3.05) is 18.1 Å². The van der Waals surface area contributed by atoms with Gasteiger partial charge in [0.2, 0.25) is 5.95 Å². The molecule has 6 nitrogen and oxygen atoms in total. The minimum Gasteiger partial charge on any atom is -0.383 e. The second kappa shape index (κ2) is 5.42. The number of nitrogens with zero attached hydrogens (tertiary/aromatic N) is 4. The van der Waals surface area contributed by atoms with Gasteiger partial charge in [0.1, 0.15) is 12.1 Å². The lowest BCUT2D eigenvalue weighted by atomic mass is 9.96. The van der Waals surface area contributed by atoms with Crippen LogP contribution in [0, 0.1) is 6.92 Å². The lowest BCUT2D eigenvalue weighted by molar-refractivity contribution is 1.19. The van der Waals surface area contributed by atoms with E-state index in [9.17, 15) is 0 Å². The molecule has 0 saturated heterocycles. The molecule has 3 N–H and O–H groups in total. The highest BCUT2D eigenvalue weighted by molar-refractivity contribution is 6.01. The zero-order valence-electron chi connectivity index (χ0n) is 13.4. The highest BCUT2D eigenvalue weighted by Crippen LogP contribution is 2.33. The summed E-state index contributed by atoms with van der Waals surface area (Å²) in [6, 6.07) is 10.1. The van der Waals surface area contributed by atoms with Crippen LogP contribution in [0.25, 0.3) is 32.9 Å². The minimum absolute atomic E-state index is 0.490. The van der Waals surface area contributed by atoms with Crippen LogP contribution >= 0.6 is 0 Å². The molecule has 0 aliphatic heterocycles. The maximum absolute atomic E-state index is 6.00.